The smallest absolute Gasteiger partial charge is 0.251 e. The maximum absolute atomic E-state index is 12.4. The van der Waals surface area contributed by atoms with E-state index in [1.54, 1.807) is 0 Å². The molecule has 2 N–H and O–H groups in total. The highest BCUT2D eigenvalue weighted by Crippen LogP contribution is 2.23. The highest BCUT2D eigenvalue weighted by Gasteiger charge is 2.16. The number of rotatable bonds is 4. The largest absolute Gasteiger partial charge is 0.352 e. The minimum Gasteiger partial charge on any atom is -0.352 e. The Hall–Kier alpha value is -2.13. The lowest BCUT2D eigenvalue weighted by Crippen LogP contribution is -2.26. The molecule has 0 unspecified atom stereocenters. The second-order valence-corrected chi connectivity index (χ2v) is 6.26. The van der Waals surface area contributed by atoms with Crippen LogP contribution in [0.25, 0.3) is 0 Å². The van der Waals surface area contributed by atoms with E-state index in [9.17, 15) is 4.79 Å². The van der Waals surface area contributed by atoms with Crippen molar-refractivity contribution >= 4 is 5.91 Å². The number of carbonyl (C=O) groups excluding carboxylic acids is 1. The van der Waals surface area contributed by atoms with Crippen molar-refractivity contribution in [1.29, 1.82) is 0 Å². The molecule has 3 heteroatoms. The van der Waals surface area contributed by atoms with Crippen LogP contribution in [0, 0.1) is 0 Å². The van der Waals surface area contributed by atoms with Gasteiger partial charge in [0.1, 0.15) is 0 Å². The number of fused-ring (bicyclic) bond motifs is 1. The fourth-order valence-electron chi connectivity index (χ4n) is 3.14. The van der Waals surface area contributed by atoms with E-state index in [0.29, 0.717) is 12.5 Å². The lowest BCUT2D eigenvalue weighted by molar-refractivity contribution is 0.0954. The van der Waals surface area contributed by atoms with Crippen LogP contribution in [-0.4, -0.2) is 25.5 Å². The molecule has 0 bridgehead atoms. The van der Waals surface area contributed by atoms with Gasteiger partial charge in [-0.25, -0.2) is 0 Å². The Morgan fingerprint density at radius 1 is 1.22 bits per heavy atom. The second-order valence-electron chi connectivity index (χ2n) is 6.26. The molecule has 0 spiro atoms. The molecule has 0 saturated heterocycles. The van der Waals surface area contributed by atoms with E-state index < -0.39 is 0 Å². The summed E-state index contributed by atoms with van der Waals surface area (Å²) in [6.07, 6.45) is 1.90. The zero-order valence-corrected chi connectivity index (χ0v) is 13.6. The summed E-state index contributed by atoms with van der Waals surface area (Å²) in [7, 11) is 0. The van der Waals surface area contributed by atoms with Crippen molar-refractivity contribution in [3.05, 3.63) is 70.8 Å². The van der Waals surface area contributed by atoms with Gasteiger partial charge in [0.25, 0.3) is 5.91 Å². The first-order chi connectivity index (χ1) is 11.2. The van der Waals surface area contributed by atoms with Gasteiger partial charge >= 0.3 is 0 Å². The molecule has 0 aliphatic carbocycles. The van der Waals surface area contributed by atoms with Gasteiger partial charge in [0.05, 0.1) is 0 Å². The van der Waals surface area contributed by atoms with E-state index >= 15 is 0 Å². The average Bonchev–Trinajstić information content (AvgIpc) is 2.77. The molecular formula is C20H24N2O. The average molecular weight is 308 g/mol. The minimum absolute atomic E-state index is 0.0214. The zero-order chi connectivity index (χ0) is 16.1. The Bertz CT molecular complexity index is 667. The van der Waals surface area contributed by atoms with Crippen LogP contribution in [0.4, 0.5) is 0 Å². The van der Waals surface area contributed by atoms with Crippen LogP contribution >= 0.6 is 0 Å². The van der Waals surface area contributed by atoms with E-state index in [0.717, 1.165) is 31.5 Å². The fraction of sp³-hybridized carbons (Fsp3) is 0.350. The molecule has 2 aromatic carbocycles. The standard InChI is InChI=1S/C20H24N2O/c1-15-14-21-11-10-17-7-8-18(13-19(15)17)20(23)22-12-9-16-5-3-2-4-6-16/h2-8,13,15,21H,9-12,14H2,1H3,(H,22,23)/t15-/m1/s1. The van der Waals surface area contributed by atoms with Gasteiger partial charge in [-0.15, -0.1) is 0 Å². The Balaban J connectivity index is 1.63. The molecule has 1 amide bonds. The molecule has 3 nitrogen and oxygen atoms in total. The van der Waals surface area contributed by atoms with Gasteiger partial charge < -0.3 is 10.6 Å². The molecule has 3 rings (SSSR count). The summed E-state index contributed by atoms with van der Waals surface area (Å²) < 4.78 is 0. The van der Waals surface area contributed by atoms with Gasteiger partial charge in [0.2, 0.25) is 0 Å². The first-order valence-electron chi connectivity index (χ1n) is 8.39. The predicted molar refractivity (Wildman–Crippen MR) is 93.9 cm³/mol. The predicted octanol–water partition coefficient (Wildman–Crippen LogP) is 2.91. The summed E-state index contributed by atoms with van der Waals surface area (Å²) in [6.45, 7) is 4.87. The van der Waals surface area contributed by atoms with Crippen LogP contribution in [-0.2, 0) is 12.8 Å². The SMILES string of the molecule is C[C@@H]1CNCCc2ccc(C(=O)NCCc3ccccc3)cc21. The van der Waals surface area contributed by atoms with Crippen LogP contribution in [0.5, 0.6) is 0 Å². The lowest BCUT2D eigenvalue weighted by atomic mass is 9.93. The summed E-state index contributed by atoms with van der Waals surface area (Å²) in [5, 5.41) is 6.47. The molecule has 1 heterocycles. The van der Waals surface area contributed by atoms with Gasteiger partial charge in [-0.05, 0) is 54.1 Å². The fourth-order valence-corrected chi connectivity index (χ4v) is 3.14. The first kappa shape index (κ1) is 15.8. The topological polar surface area (TPSA) is 41.1 Å². The number of amides is 1. The molecule has 23 heavy (non-hydrogen) atoms. The Kier molecular flexibility index (Phi) is 5.09. The number of nitrogens with one attached hydrogen (secondary N) is 2. The molecule has 2 aromatic rings. The Labute approximate surface area is 138 Å². The van der Waals surface area contributed by atoms with E-state index in [1.165, 1.54) is 16.7 Å². The third-order valence-electron chi connectivity index (χ3n) is 4.50. The first-order valence-corrected chi connectivity index (χ1v) is 8.39. The number of hydrogen-bond donors (Lipinski definition) is 2. The van der Waals surface area contributed by atoms with Crippen molar-refractivity contribution in [3.63, 3.8) is 0 Å². The van der Waals surface area contributed by atoms with E-state index in [2.05, 4.69) is 41.8 Å². The molecule has 1 aliphatic rings. The van der Waals surface area contributed by atoms with E-state index in [1.807, 2.05) is 24.3 Å². The summed E-state index contributed by atoms with van der Waals surface area (Å²) in [5.41, 5.74) is 4.69. The zero-order valence-electron chi connectivity index (χ0n) is 13.6. The molecule has 0 saturated carbocycles. The highest BCUT2D eigenvalue weighted by molar-refractivity contribution is 5.94. The van der Waals surface area contributed by atoms with E-state index in [4.69, 9.17) is 0 Å². The van der Waals surface area contributed by atoms with Crippen molar-refractivity contribution in [2.75, 3.05) is 19.6 Å². The summed E-state index contributed by atoms with van der Waals surface area (Å²) in [5.74, 6) is 0.470. The van der Waals surface area contributed by atoms with Crippen LogP contribution < -0.4 is 10.6 Å². The molecule has 0 fully saturated rings. The van der Waals surface area contributed by atoms with Crippen molar-refractivity contribution in [3.8, 4) is 0 Å². The molecule has 0 radical (unpaired) electrons. The highest BCUT2D eigenvalue weighted by atomic mass is 16.1. The maximum atomic E-state index is 12.4. The number of benzene rings is 2. The van der Waals surface area contributed by atoms with Gasteiger partial charge in [-0.3, -0.25) is 4.79 Å². The lowest BCUT2D eigenvalue weighted by Gasteiger charge is -2.14. The third-order valence-corrected chi connectivity index (χ3v) is 4.50. The van der Waals surface area contributed by atoms with Gasteiger partial charge in [0, 0.05) is 18.7 Å². The molecular weight excluding hydrogens is 284 g/mol. The van der Waals surface area contributed by atoms with Gasteiger partial charge in [-0.1, -0.05) is 43.3 Å². The Morgan fingerprint density at radius 3 is 2.87 bits per heavy atom. The molecule has 120 valence electrons. The summed E-state index contributed by atoms with van der Waals surface area (Å²) in [6, 6.07) is 16.4. The van der Waals surface area contributed by atoms with Crippen LogP contribution in [0.15, 0.2) is 48.5 Å². The monoisotopic (exact) mass is 308 g/mol. The molecule has 1 aliphatic heterocycles. The number of hydrogen-bond acceptors (Lipinski definition) is 2. The summed E-state index contributed by atoms with van der Waals surface area (Å²) >= 11 is 0. The van der Waals surface area contributed by atoms with Crippen molar-refractivity contribution in [2.24, 2.45) is 0 Å². The van der Waals surface area contributed by atoms with Crippen LogP contribution in [0.1, 0.15) is 39.9 Å². The van der Waals surface area contributed by atoms with Crippen LogP contribution in [0.3, 0.4) is 0 Å². The third kappa shape index (κ3) is 3.99. The molecule has 0 aromatic heterocycles. The molecule has 1 atom stereocenters. The Morgan fingerprint density at radius 2 is 2.04 bits per heavy atom. The van der Waals surface area contributed by atoms with Gasteiger partial charge in [-0.2, -0.15) is 0 Å². The normalized spacial score (nSPS) is 17.2. The summed E-state index contributed by atoms with van der Waals surface area (Å²) in [4.78, 5) is 12.4. The van der Waals surface area contributed by atoms with Crippen molar-refractivity contribution in [1.82, 2.24) is 10.6 Å². The van der Waals surface area contributed by atoms with E-state index in [-0.39, 0.29) is 5.91 Å². The quantitative estimate of drug-likeness (QED) is 0.912. The van der Waals surface area contributed by atoms with Crippen molar-refractivity contribution in [2.45, 2.75) is 25.7 Å². The van der Waals surface area contributed by atoms with Crippen molar-refractivity contribution < 1.29 is 4.79 Å². The minimum atomic E-state index is 0.0214. The second kappa shape index (κ2) is 7.42. The number of carbonyl (C=O) groups is 1. The van der Waals surface area contributed by atoms with Gasteiger partial charge in [0.15, 0.2) is 0 Å². The maximum Gasteiger partial charge on any atom is 0.251 e. The van der Waals surface area contributed by atoms with Crippen LogP contribution in [0.2, 0.25) is 0 Å².